The second-order valence-corrected chi connectivity index (χ2v) is 7.41. The van der Waals surface area contributed by atoms with Crippen LogP contribution in [0.4, 0.5) is 0 Å². The van der Waals surface area contributed by atoms with Crippen molar-refractivity contribution >= 4 is 5.91 Å². The Morgan fingerprint density at radius 2 is 2.29 bits per heavy atom. The summed E-state index contributed by atoms with van der Waals surface area (Å²) in [7, 11) is 0. The predicted molar refractivity (Wildman–Crippen MR) is 87.4 cm³/mol. The van der Waals surface area contributed by atoms with E-state index in [9.17, 15) is 4.79 Å². The maximum absolute atomic E-state index is 11.2. The lowest BCUT2D eigenvalue weighted by atomic mass is 9.94. The average Bonchev–Trinajstić information content (AvgIpc) is 3.16. The fourth-order valence-electron chi connectivity index (χ4n) is 2.95. The number of aromatic amines is 1. The lowest BCUT2D eigenvalue weighted by molar-refractivity contribution is 0.0995. The Labute approximate surface area is 140 Å². The minimum Gasteiger partial charge on any atom is -0.364 e. The van der Waals surface area contributed by atoms with Crippen molar-refractivity contribution in [2.24, 2.45) is 5.73 Å². The number of hydrogen-bond donors (Lipinski definition) is 2. The first-order valence-corrected chi connectivity index (χ1v) is 8.23. The second-order valence-electron chi connectivity index (χ2n) is 7.41. The van der Waals surface area contributed by atoms with Gasteiger partial charge in [0, 0.05) is 23.6 Å². The van der Waals surface area contributed by atoms with E-state index in [0.717, 1.165) is 31.6 Å². The molecule has 1 fully saturated rings. The van der Waals surface area contributed by atoms with E-state index >= 15 is 0 Å². The molecule has 1 aliphatic rings. The molecule has 2 aromatic heterocycles. The molecule has 1 aliphatic heterocycles. The summed E-state index contributed by atoms with van der Waals surface area (Å²) in [6.07, 6.45) is 2.12. The maximum atomic E-state index is 11.2. The number of rotatable bonds is 4. The smallest absolute Gasteiger partial charge is 0.269 e. The summed E-state index contributed by atoms with van der Waals surface area (Å²) in [5.41, 5.74) is 6.37. The number of aromatic nitrogens is 4. The van der Waals surface area contributed by atoms with Gasteiger partial charge in [-0.1, -0.05) is 25.9 Å². The van der Waals surface area contributed by atoms with Crippen LogP contribution in [-0.2, 0) is 12.0 Å². The van der Waals surface area contributed by atoms with E-state index in [1.807, 2.05) is 0 Å². The molecular weight excluding hydrogens is 308 g/mol. The molecule has 8 nitrogen and oxygen atoms in total. The number of carbonyl (C=O) groups excluding carboxylic acids is 1. The molecular formula is C16H24N6O2. The summed E-state index contributed by atoms with van der Waals surface area (Å²) in [6, 6.07) is 1.75. The van der Waals surface area contributed by atoms with Crippen molar-refractivity contribution in [3.8, 4) is 0 Å². The van der Waals surface area contributed by atoms with Crippen LogP contribution in [0.2, 0.25) is 0 Å². The molecule has 0 aromatic carbocycles. The zero-order valence-corrected chi connectivity index (χ0v) is 14.4. The normalized spacial score (nSPS) is 19.5. The van der Waals surface area contributed by atoms with E-state index in [-0.39, 0.29) is 11.1 Å². The third-order valence-corrected chi connectivity index (χ3v) is 4.27. The average molecular weight is 332 g/mol. The van der Waals surface area contributed by atoms with Crippen LogP contribution in [-0.4, -0.2) is 44.2 Å². The zero-order valence-electron chi connectivity index (χ0n) is 14.4. The van der Waals surface area contributed by atoms with Gasteiger partial charge in [-0.05, 0) is 25.5 Å². The predicted octanol–water partition coefficient (Wildman–Crippen LogP) is 1.57. The lowest BCUT2D eigenvalue weighted by Gasteiger charge is -2.31. The fourth-order valence-corrected chi connectivity index (χ4v) is 2.95. The summed E-state index contributed by atoms with van der Waals surface area (Å²) in [4.78, 5) is 18.0. The van der Waals surface area contributed by atoms with Gasteiger partial charge in [-0.25, -0.2) is 0 Å². The SMILES string of the molecule is CC(C)(C)c1nc(CN2CCC[C@@H](c3cc(C(N)=O)n[nH]3)C2)no1. The highest BCUT2D eigenvalue weighted by atomic mass is 16.5. The standard InChI is InChI=1S/C16H24N6O2/c1-16(2,3)15-18-13(21-24-15)9-22-6-4-5-10(8-22)11-7-12(14(17)23)20-19-11/h7,10H,4-6,8-9H2,1-3H3,(H2,17,23)(H,19,20)/t10-/m1/s1. The fraction of sp³-hybridized carbons (Fsp3) is 0.625. The lowest BCUT2D eigenvalue weighted by Crippen LogP contribution is -2.34. The summed E-state index contributed by atoms with van der Waals surface area (Å²) in [5, 5.41) is 11.0. The van der Waals surface area contributed by atoms with E-state index in [1.165, 1.54) is 0 Å². The molecule has 3 heterocycles. The van der Waals surface area contributed by atoms with Gasteiger partial charge in [0.15, 0.2) is 5.82 Å². The number of piperidine rings is 1. The Balaban J connectivity index is 1.65. The molecule has 0 saturated carbocycles. The van der Waals surface area contributed by atoms with Crippen LogP contribution < -0.4 is 5.73 Å². The summed E-state index contributed by atoms with van der Waals surface area (Å²) < 4.78 is 5.36. The number of nitrogens with zero attached hydrogens (tertiary/aromatic N) is 4. The second kappa shape index (κ2) is 6.35. The van der Waals surface area contributed by atoms with Crippen molar-refractivity contribution < 1.29 is 9.32 Å². The molecule has 0 bridgehead atoms. The number of hydrogen-bond acceptors (Lipinski definition) is 6. The molecule has 8 heteroatoms. The molecule has 3 rings (SSSR count). The molecule has 24 heavy (non-hydrogen) atoms. The molecule has 1 amide bonds. The molecule has 2 aromatic rings. The van der Waals surface area contributed by atoms with Crippen LogP contribution in [0.5, 0.6) is 0 Å². The molecule has 3 N–H and O–H groups in total. The summed E-state index contributed by atoms with van der Waals surface area (Å²) >= 11 is 0. The van der Waals surface area contributed by atoms with Crippen LogP contribution in [0.1, 0.15) is 67.4 Å². The highest BCUT2D eigenvalue weighted by molar-refractivity contribution is 5.90. The molecule has 0 spiro atoms. The molecule has 0 unspecified atom stereocenters. The van der Waals surface area contributed by atoms with Gasteiger partial charge in [0.1, 0.15) is 5.69 Å². The van der Waals surface area contributed by atoms with Gasteiger partial charge in [-0.2, -0.15) is 10.1 Å². The molecule has 0 aliphatic carbocycles. The van der Waals surface area contributed by atoms with E-state index in [2.05, 4.69) is 46.0 Å². The Hall–Kier alpha value is -2.22. The van der Waals surface area contributed by atoms with Gasteiger partial charge in [0.2, 0.25) is 5.89 Å². The number of carbonyl (C=O) groups is 1. The highest BCUT2D eigenvalue weighted by Gasteiger charge is 2.26. The first-order chi connectivity index (χ1) is 11.3. The number of likely N-dealkylation sites (tertiary alicyclic amines) is 1. The number of primary amides is 1. The van der Waals surface area contributed by atoms with Crippen LogP contribution in [0.25, 0.3) is 0 Å². The van der Waals surface area contributed by atoms with Crippen molar-refractivity contribution in [3.05, 3.63) is 29.2 Å². The largest absolute Gasteiger partial charge is 0.364 e. The van der Waals surface area contributed by atoms with E-state index in [1.54, 1.807) is 6.07 Å². The maximum Gasteiger partial charge on any atom is 0.269 e. The number of nitrogens with two attached hydrogens (primary N) is 1. The first-order valence-electron chi connectivity index (χ1n) is 8.23. The quantitative estimate of drug-likeness (QED) is 0.878. The van der Waals surface area contributed by atoms with Crippen molar-refractivity contribution in [2.45, 2.75) is 51.5 Å². The van der Waals surface area contributed by atoms with Crippen LogP contribution >= 0.6 is 0 Å². The number of H-pyrrole nitrogens is 1. The Morgan fingerprint density at radius 1 is 1.50 bits per heavy atom. The summed E-state index contributed by atoms with van der Waals surface area (Å²) in [6.45, 7) is 8.67. The van der Waals surface area contributed by atoms with E-state index < -0.39 is 5.91 Å². The molecule has 0 radical (unpaired) electrons. The zero-order chi connectivity index (χ0) is 17.3. The van der Waals surface area contributed by atoms with Crippen LogP contribution in [0.3, 0.4) is 0 Å². The molecule has 1 atom stereocenters. The molecule has 1 saturated heterocycles. The minimum absolute atomic E-state index is 0.142. The van der Waals surface area contributed by atoms with Crippen molar-refractivity contribution in [2.75, 3.05) is 13.1 Å². The van der Waals surface area contributed by atoms with Gasteiger partial charge in [-0.3, -0.25) is 14.8 Å². The third kappa shape index (κ3) is 3.64. The van der Waals surface area contributed by atoms with Gasteiger partial charge in [0.25, 0.3) is 5.91 Å². The Kier molecular flexibility index (Phi) is 4.40. The van der Waals surface area contributed by atoms with Gasteiger partial charge < -0.3 is 10.3 Å². The van der Waals surface area contributed by atoms with Crippen LogP contribution in [0, 0.1) is 0 Å². The van der Waals surface area contributed by atoms with Gasteiger partial charge in [0.05, 0.1) is 6.54 Å². The topological polar surface area (TPSA) is 114 Å². The Morgan fingerprint density at radius 3 is 2.92 bits per heavy atom. The van der Waals surface area contributed by atoms with Gasteiger partial charge in [-0.15, -0.1) is 0 Å². The summed E-state index contributed by atoms with van der Waals surface area (Å²) in [5.74, 6) is 1.16. The van der Waals surface area contributed by atoms with Crippen molar-refractivity contribution in [3.63, 3.8) is 0 Å². The highest BCUT2D eigenvalue weighted by Crippen LogP contribution is 2.27. The number of amides is 1. The first kappa shape index (κ1) is 16.6. The monoisotopic (exact) mass is 332 g/mol. The number of nitrogens with one attached hydrogen (secondary N) is 1. The van der Waals surface area contributed by atoms with Crippen molar-refractivity contribution in [1.29, 1.82) is 0 Å². The molecule has 130 valence electrons. The van der Waals surface area contributed by atoms with Crippen molar-refractivity contribution in [1.82, 2.24) is 25.2 Å². The Bertz CT molecular complexity index is 714. The third-order valence-electron chi connectivity index (χ3n) is 4.27. The van der Waals surface area contributed by atoms with Gasteiger partial charge >= 0.3 is 0 Å². The van der Waals surface area contributed by atoms with E-state index in [0.29, 0.717) is 24.2 Å². The van der Waals surface area contributed by atoms with E-state index in [4.69, 9.17) is 10.3 Å². The van der Waals surface area contributed by atoms with Crippen LogP contribution in [0.15, 0.2) is 10.6 Å². The minimum atomic E-state index is -0.508.